The number of hydrogen-bond acceptors (Lipinski definition) is 6. The van der Waals surface area contributed by atoms with Crippen molar-refractivity contribution >= 4 is 34.3 Å². The minimum atomic E-state index is -0.528. The molecule has 138 valence electrons. The number of nitrogens with zero attached hydrogens (tertiary/aromatic N) is 1. The zero-order valence-electron chi connectivity index (χ0n) is 14.9. The molecular weight excluding hydrogens is 354 g/mol. The predicted molar refractivity (Wildman–Crippen MR) is 99.1 cm³/mol. The van der Waals surface area contributed by atoms with Crippen molar-refractivity contribution in [2.75, 3.05) is 11.9 Å². The molecule has 1 heterocycles. The first kappa shape index (κ1) is 19.6. The van der Waals surface area contributed by atoms with Gasteiger partial charge in [0.05, 0.1) is 19.1 Å². The quantitative estimate of drug-likeness (QED) is 0.725. The lowest BCUT2D eigenvalue weighted by atomic mass is 10.0. The third-order valence-corrected chi connectivity index (χ3v) is 4.24. The molecule has 0 fully saturated rings. The zero-order chi connectivity index (χ0) is 19.1. The summed E-state index contributed by atoms with van der Waals surface area (Å²) in [6.45, 7) is 5.34. The lowest BCUT2D eigenvalue weighted by molar-refractivity contribution is -0.120. The fourth-order valence-corrected chi connectivity index (χ4v) is 2.98. The molecule has 0 radical (unpaired) electrons. The first-order chi connectivity index (χ1) is 12.4. The first-order valence-electron chi connectivity index (χ1n) is 8.15. The van der Waals surface area contributed by atoms with Gasteiger partial charge in [0.1, 0.15) is 0 Å². The molecule has 2 rings (SSSR count). The molecule has 2 amide bonds. The summed E-state index contributed by atoms with van der Waals surface area (Å²) >= 11 is 1.14. The normalized spacial score (nSPS) is 11.5. The number of aryl methyl sites for hydroxylation is 1. The van der Waals surface area contributed by atoms with Gasteiger partial charge >= 0.3 is 5.97 Å². The van der Waals surface area contributed by atoms with Crippen molar-refractivity contribution in [2.24, 2.45) is 0 Å². The van der Waals surface area contributed by atoms with Gasteiger partial charge in [-0.25, -0.2) is 9.78 Å². The van der Waals surface area contributed by atoms with Crippen molar-refractivity contribution in [3.8, 4) is 0 Å². The van der Waals surface area contributed by atoms with Crippen LogP contribution >= 0.6 is 11.3 Å². The molecule has 1 aromatic heterocycles. The molecule has 0 saturated carbocycles. The molecule has 1 atom stereocenters. The van der Waals surface area contributed by atoms with Gasteiger partial charge in [0.2, 0.25) is 11.8 Å². The van der Waals surface area contributed by atoms with E-state index in [2.05, 4.69) is 15.6 Å². The van der Waals surface area contributed by atoms with Crippen LogP contribution < -0.4 is 10.6 Å². The van der Waals surface area contributed by atoms with Gasteiger partial charge < -0.3 is 15.4 Å². The number of aromatic nitrogens is 1. The van der Waals surface area contributed by atoms with Gasteiger partial charge in [0, 0.05) is 12.3 Å². The zero-order valence-corrected chi connectivity index (χ0v) is 15.7. The number of carbonyl (C=O) groups is 3. The van der Waals surface area contributed by atoms with E-state index in [1.54, 1.807) is 6.92 Å². The molecule has 0 saturated heterocycles. The second-order valence-electron chi connectivity index (χ2n) is 5.67. The van der Waals surface area contributed by atoms with Crippen molar-refractivity contribution < 1.29 is 19.1 Å². The highest BCUT2D eigenvalue weighted by molar-refractivity contribution is 7.14. The summed E-state index contributed by atoms with van der Waals surface area (Å²) in [5.41, 5.74) is 2.09. The Balaban J connectivity index is 2.04. The molecule has 1 aromatic carbocycles. The van der Waals surface area contributed by atoms with Crippen LogP contribution in [-0.2, 0) is 14.3 Å². The molecule has 2 aromatic rings. The summed E-state index contributed by atoms with van der Waals surface area (Å²) in [5.74, 6) is -1.06. The van der Waals surface area contributed by atoms with E-state index in [4.69, 9.17) is 4.74 Å². The number of rotatable bonds is 7. The van der Waals surface area contributed by atoms with E-state index in [0.717, 1.165) is 22.5 Å². The Morgan fingerprint density at radius 3 is 2.54 bits per heavy atom. The van der Waals surface area contributed by atoms with Crippen LogP contribution in [0.4, 0.5) is 5.13 Å². The second-order valence-corrected chi connectivity index (χ2v) is 6.53. The minimum absolute atomic E-state index is 0.0525. The van der Waals surface area contributed by atoms with Crippen LogP contribution in [0.5, 0.6) is 0 Å². The van der Waals surface area contributed by atoms with E-state index in [0.29, 0.717) is 5.13 Å². The van der Waals surface area contributed by atoms with Gasteiger partial charge in [0.15, 0.2) is 10.8 Å². The van der Waals surface area contributed by atoms with Gasteiger partial charge in [-0.2, -0.15) is 0 Å². The van der Waals surface area contributed by atoms with Crippen LogP contribution in [0.15, 0.2) is 29.6 Å². The Labute approximate surface area is 155 Å². The number of hydrogen-bond donors (Lipinski definition) is 2. The highest BCUT2D eigenvalue weighted by Crippen LogP contribution is 2.20. The van der Waals surface area contributed by atoms with Crippen molar-refractivity contribution in [2.45, 2.75) is 33.2 Å². The maximum atomic E-state index is 12.3. The van der Waals surface area contributed by atoms with Gasteiger partial charge in [-0.3, -0.25) is 9.59 Å². The third-order valence-electron chi connectivity index (χ3n) is 3.48. The smallest absolute Gasteiger partial charge is 0.357 e. The van der Waals surface area contributed by atoms with Gasteiger partial charge in [0.25, 0.3) is 0 Å². The highest BCUT2D eigenvalue weighted by atomic mass is 32.1. The fraction of sp³-hybridized carbons (Fsp3) is 0.333. The van der Waals surface area contributed by atoms with E-state index < -0.39 is 12.0 Å². The van der Waals surface area contributed by atoms with Gasteiger partial charge in [-0.15, -0.1) is 11.3 Å². The van der Waals surface area contributed by atoms with Crippen molar-refractivity contribution in [3.05, 3.63) is 46.5 Å². The molecule has 2 N–H and O–H groups in total. The van der Waals surface area contributed by atoms with Gasteiger partial charge in [-0.1, -0.05) is 29.8 Å². The molecule has 0 spiro atoms. The lowest BCUT2D eigenvalue weighted by Gasteiger charge is -2.18. The summed E-state index contributed by atoms with van der Waals surface area (Å²) in [4.78, 5) is 39.5. The summed E-state index contributed by atoms with van der Waals surface area (Å²) in [5, 5.41) is 7.27. The molecule has 1 unspecified atom stereocenters. The molecular formula is C18H21N3O4S. The summed E-state index contributed by atoms with van der Waals surface area (Å²) in [6, 6.07) is 7.16. The maximum Gasteiger partial charge on any atom is 0.357 e. The molecule has 8 heteroatoms. The van der Waals surface area contributed by atoms with Crippen LogP contribution in [0.2, 0.25) is 0 Å². The topological polar surface area (TPSA) is 97.4 Å². The Morgan fingerprint density at radius 2 is 1.92 bits per heavy atom. The fourth-order valence-electron chi connectivity index (χ4n) is 2.28. The molecule has 0 aliphatic heterocycles. The van der Waals surface area contributed by atoms with Crippen molar-refractivity contribution in [1.82, 2.24) is 10.3 Å². The molecule has 7 nitrogen and oxygen atoms in total. The van der Waals surface area contributed by atoms with E-state index >= 15 is 0 Å². The first-order valence-corrected chi connectivity index (χ1v) is 9.03. The maximum absolute atomic E-state index is 12.3. The minimum Gasteiger partial charge on any atom is -0.461 e. The Kier molecular flexibility index (Phi) is 6.85. The molecule has 26 heavy (non-hydrogen) atoms. The van der Waals surface area contributed by atoms with E-state index in [1.165, 1.54) is 12.3 Å². The predicted octanol–water partition coefficient (Wildman–Crippen LogP) is 2.83. The molecule has 0 aliphatic carbocycles. The van der Waals surface area contributed by atoms with Gasteiger partial charge in [-0.05, 0) is 19.4 Å². The number of amides is 2. The van der Waals surface area contributed by atoms with Crippen LogP contribution in [0.25, 0.3) is 0 Å². The SMILES string of the molecule is CCOC(=O)c1csc(NC(=O)CC(NC(C)=O)c2ccc(C)cc2)n1. The van der Waals surface area contributed by atoms with Crippen LogP contribution in [0.3, 0.4) is 0 Å². The number of ether oxygens (including phenoxy) is 1. The number of benzene rings is 1. The standard InChI is InChI=1S/C18H21N3O4S/c1-4-25-17(24)15-10-26-18(20-15)21-16(23)9-14(19-12(3)22)13-7-5-11(2)6-8-13/h5-8,10,14H,4,9H2,1-3H3,(H,19,22)(H,20,21,23). The summed E-state index contributed by atoms with van der Waals surface area (Å²) in [6.07, 6.45) is 0.0525. The van der Waals surface area contributed by atoms with Crippen molar-refractivity contribution in [1.29, 1.82) is 0 Å². The largest absolute Gasteiger partial charge is 0.461 e. The van der Waals surface area contributed by atoms with E-state index in [1.807, 2.05) is 31.2 Å². The average Bonchev–Trinajstić information content (AvgIpc) is 3.03. The number of nitrogens with one attached hydrogen (secondary N) is 2. The molecule has 0 aliphatic rings. The van der Waals surface area contributed by atoms with Crippen LogP contribution in [0, 0.1) is 6.92 Å². The third kappa shape index (κ3) is 5.66. The van der Waals surface area contributed by atoms with Crippen molar-refractivity contribution in [3.63, 3.8) is 0 Å². The average molecular weight is 375 g/mol. The Hall–Kier alpha value is -2.74. The monoisotopic (exact) mass is 375 g/mol. The number of esters is 1. The highest BCUT2D eigenvalue weighted by Gasteiger charge is 2.19. The Bertz CT molecular complexity index is 786. The number of anilines is 1. The summed E-state index contributed by atoms with van der Waals surface area (Å²) < 4.78 is 4.87. The number of carbonyl (C=O) groups excluding carboxylic acids is 3. The lowest BCUT2D eigenvalue weighted by Crippen LogP contribution is -2.29. The Morgan fingerprint density at radius 1 is 1.23 bits per heavy atom. The number of thiazole rings is 1. The van der Waals surface area contributed by atoms with Crippen LogP contribution in [0.1, 0.15) is 47.9 Å². The van der Waals surface area contributed by atoms with E-state index in [-0.39, 0.29) is 30.5 Å². The summed E-state index contributed by atoms with van der Waals surface area (Å²) in [7, 11) is 0. The molecule has 0 bridgehead atoms. The second kappa shape index (κ2) is 9.10. The van der Waals surface area contributed by atoms with Crippen LogP contribution in [-0.4, -0.2) is 29.4 Å². The van der Waals surface area contributed by atoms with E-state index in [9.17, 15) is 14.4 Å².